The third-order valence-electron chi connectivity index (χ3n) is 4.65. The van der Waals surface area contributed by atoms with E-state index in [1.54, 1.807) is 44.7 Å². The van der Waals surface area contributed by atoms with Gasteiger partial charge in [0.1, 0.15) is 6.61 Å². The van der Waals surface area contributed by atoms with E-state index in [-0.39, 0.29) is 5.91 Å². The van der Waals surface area contributed by atoms with Crippen molar-refractivity contribution in [3.8, 4) is 23.0 Å². The van der Waals surface area contributed by atoms with E-state index >= 15 is 0 Å². The van der Waals surface area contributed by atoms with Crippen LogP contribution in [0.3, 0.4) is 0 Å². The molecule has 0 radical (unpaired) electrons. The van der Waals surface area contributed by atoms with Crippen molar-refractivity contribution in [3.05, 3.63) is 79.3 Å². The molecule has 0 heterocycles. The number of amides is 1. The van der Waals surface area contributed by atoms with Crippen molar-refractivity contribution >= 4 is 50.6 Å². The first-order valence-electron chi connectivity index (χ1n) is 10.3. The van der Waals surface area contributed by atoms with Gasteiger partial charge in [0, 0.05) is 10.0 Å². The number of carbonyl (C=O) groups excluding carboxylic acids is 1. The van der Waals surface area contributed by atoms with Gasteiger partial charge in [-0.1, -0.05) is 28.1 Å². The van der Waals surface area contributed by atoms with Crippen LogP contribution in [-0.4, -0.2) is 32.9 Å². The molecule has 0 aliphatic rings. The van der Waals surface area contributed by atoms with Crippen molar-refractivity contribution in [1.29, 1.82) is 0 Å². The molecule has 0 atom stereocenters. The first-order chi connectivity index (χ1) is 16.4. The molecule has 7 nitrogen and oxygen atoms in total. The average Bonchev–Trinajstić information content (AvgIpc) is 2.84. The lowest BCUT2D eigenvalue weighted by atomic mass is 10.2. The van der Waals surface area contributed by atoms with Crippen LogP contribution in [0.4, 0.5) is 0 Å². The van der Waals surface area contributed by atoms with Gasteiger partial charge in [0.05, 0.1) is 30.6 Å². The molecule has 3 rings (SSSR count). The van der Waals surface area contributed by atoms with Gasteiger partial charge in [-0.3, -0.25) is 4.79 Å². The number of benzene rings is 3. The lowest BCUT2D eigenvalue weighted by molar-refractivity contribution is 0.0954. The fraction of sp³-hybridized carbons (Fsp3) is 0.200. The van der Waals surface area contributed by atoms with Crippen LogP contribution in [0.5, 0.6) is 23.0 Å². The molecule has 0 aliphatic heterocycles. The minimum atomic E-state index is -0.365. The smallest absolute Gasteiger partial charge is 0.271 e. The minimum absolute atomic E-state index is 0.365. The van der Waals surface area contributed by atoms with Crippen molar-refractivity contribution in [2.24, 2.45) is 5.10 Å². The van der Waals surface area contributed by atoms with Crippen molar-refractivity contribution in [1.82, 2.24) is 5.43 Å². The molecule has 178 valence electrons. The highest BCUT2D eigenvalue weighted by molar-refractivity contribution is 14.1. The Labute approximate surface area is 220 Å². The minimum Gasteiger partial charge on any atom is -0.493 e. The van der Waals surface area contributed by atoms with E-state index in [1.165, 1.54) is 0 Å². The van der Waals surface area contributed by atoms with Crippen LogP contribution in [-0.2, 0) is 6.61 Å². The van der Waals surface area contributed by atoms with Crippen molar-refractivity contribution in [2.45, 2.75) is 13.5 Å². The van der Waals surface area contributed by atoms with E-state index in [2.05, 4.69) is 49.0 Å². The van der Waals surface area contributed by atoms with E-state index < -0.39 is 0 Å². The number of hydrogen-bond acceptors (Lipinski definition) is 6. The van der Waals surface area contributed by atoms with Crippen molar-refractivity contribution < 1.29 is 23.7 Å². The number of rotatable bonds is 10. The molecule has 3 aromatic rings. The molecule has 3 aromatic carbocycles. The summed E-state index contributed by atoms with van der Waals surface area (Å²) in [5.74, 6) is 1.92. The number of ether oxygens (including phenoxy) is 4. The second-order valence-electron chi connectivity index (χ2n) is 6.95. The number of carbonyl (C=O) groups is 1. The van der Waals surface area contributed by atoms with Gasteiger partial charge < -0.3 is 18.9 Å². The van der Waals surface area contributed by atoms with Gasteiger partial charge >= 0.3 is 0 Å². The van der Waals surface area contributed by atoms with Crippen LogP contribution in [0.2, 0.25) is 0 Å². The molecule has 0 saturated carbocycles. The van der Waals surface area contributed by atoms with Gasteiger partial charge in [-0.25, -0.2) is 5.43 Å². The standard InChI is InChI=1S/C25H24BrIN2O5/c1-4-33-22-13-18(7-10-21(22)31-2)25(30)29-28-14-17-11-20(27)24(23(12-17)32-3)34-15-16-5-8-19(26)9-6-16/h5-14H,4,15H2,1-3H3,(H,29,30)/b28-14+. The summed E-state index contributed by atoms with van der Waals surface area (Å²) in [5, 5.41) is 4.08. The molecular weight excluding hydrogens is 615 g/mol. The highest BCUT2D eigenvalue weighted by Crippen LogP contribution is 2.34. The van der Waals surface area contributed by atoms with E-state index in [0.29, 0.717) is 41.8 Å². The fourth-order valence-electron chi connectivity index (χ4n) is 3.01. The second kappa shape index (κ2) is 12.6. The largest absolute Gasteiger partial charge is 0.493 e. The quantitative estimate of drug-likeness (QED) is 0.172. The van der Waals surface area contributed by atoms with Crippen LogP contribution >= 0.6 is 38.5 Å². The molecule has 34 heavy (non-hydrogen) atoms. The topological polar surface area (TPSA) is 78.4 Å². The molecule has 0 unspecified atom stereocenters. The Morgan fingerprint density at radius 3 is 2.41 bits per heavy atom. The van der Waals surface area contributed by atoms with E-state index in [9.17, 15) is 4.79 Å². The highest BCUT2D eigenvalue weighted by Gasteiger charge is 2.13. The molecule has 1 amide bonds. The maximum Gasteiger partial charge on any atom is 0.271 e. The average molecular weight is 639 g/mol. The summed E-state index contributed by atoms with van der Waals surface area (Å²) < 4.78 is 24.2. The summed E-state index contributed by atoms with van der Waals surface area (Å²) in [5.41, 5.74) is 4.73. The predicted molar refractivity (Wildman–Crippen MR) is 143 cm³/mol. The summed E-state index contributed by atoms with van der Waals surface area (Å²) in [7, 11) is 3.13. The Morgan fingerprint density at radius 1 is 1.00 bits per heavy atom. The van der Waals surface area contributed by atoms with Gasteiger partial charge in [0.15, 0.2) is 23.0 Å². The molecule has 0 bridgehead atoms. The Balaban J connectivity index is 1.68. The third-order valence-corrected chi connectivity index (χ3v) is 5.98. The normalized spacial score (nSPS) is 10.7. The van der Waals surface area contributed by atoms with Gasteiger partial charge in [-0.15, -0.1) is 0 Å². The van der Waals surface area contributed by atoms with Gasteiger partial charge in [-0.2, -0.15) is 5.10 Å². The molecule has 0 spiro atoms. The Hall–Kier alpha value is -2.79. The lowest BCUT2D eigenvalue weighted by Gasteiger charge is -2.13. The Bertz CT molecular complexity index is 1170. The van der Waals surface area contributed by atoms with Crippen molar-refractivity contribution in [3.63, 3.8) is 0 Å². The summed E-state index contributed by atoms with van der Waals surface area (Å²) in [6.07, 6.45) is 1.55. The van der Waals surface area contributed by atoms with Crippen LogP contribution in [0.15, 0.2) is 64.2 Å². The maximum absolute atomic E-state index is 12.5. The zero-order valence-electron chi connectivity index (χ0n) is 18.9. The predicted octanol–water partition coefficient (Wildman–Crippen LogP) is 5.81. The molecule has 1 N–H and O–H groups in total. The fourth-order valence-corrected chi connectivity index (χ4v) is 4.05. The van der Waals surface area contributed by atoms with Crippen LogP contribution < -0.4 is 24.4 Å². The molecule has 0 fully saturated rings. The number of hydrogen-bond donors (Lipinski definition) is 1. The summed E-state index contributed by atoms with van der Waals surface area (Å²) in [4.78, 5) is 12.5. The summed E-state index contributed by atoms with van der Waals surface area (Å²) >= 11 is 5.62. The Kier molecular flexibility index (Phi) is 9.58. The van der Waals surface area contributed by atoms with Crippen LogP contribution in [0.1, 0.15) is 28.4 Å². The molecule has 9 heteroatoms. The van der Waals surface area contributed by atoms with E-state index in [4.69, 9.17) is 18.9 Å². The summed E-state index contributed by atoms with van der Waals surface area (Å²) in [6.45, 7) is 2.74. The number of nitrogens with one attached hydrogen (secondary N) is 1. The number of hydrazone groups is 1. The number of methoxy groups -OCH3 is 2. The highest BCUT2D eigenvalue weighted by atomic mass is 127. The zero-order valence-corrected chi connectivity index (χ0v) is 22.7. The van der Waals surface area contributed by atoms with E-state index in [0.717, 1.165) is 19.2 Å². The molecule has 0 aromatic heterocycles. The lowest BCUT2D eigenvalue weighted by Crippen LogP contribution is -2.17. The first kappa shape index (κ1) is 25.8. The molecular formula is C25H24BrIN2O5. The number of halogens is 2. The van der Waals surface area contributed by atoms with Gasteiger partial charge in [0.2, 0.25) is 0 Å². The Morgan fingerprint density at radius 2 is 1.74 bits per heavy atom. The first-order valence-corrected chi connectivity index (χ1v) is 12.2. The second-order valence-corrected chi connectivity index (χ2v) is 9.02. The van der Waals surface area contributed by atoms with E-state index in [1.807, 2.05) is 37.3 Å². The van der Waals surface area contributed by atoms with Gasteiger partial charge in [-0.05, 0) is 83.1 Å². The van der Waals surface area contributed by atoms with Crippen LogP contribution in [0, 0.1) is 3.57 Å². The zero-order chi connectivity index (χ0) is 24.5. The summed E-state index contributed by atoms with van der Waals surface area (Å²) in [6, 6.07) is 16.6. The van der Waals surface area contributed by atoms with Crippen molar-refractivity contribution in [2.75, 3.05) is 20.8 Å². The number of nitrogens with zero attached hydrogens (tertiary/aromatic N) is 1. The monoisotopic (exact) mass is 638 g/mol. The van der Waals surface area contributed by atoms with Crippen LogP contribution in [0.25, 0.3) is 0 Å². The van der Waals surface area contributed by atoms with Gasteiger partial charge in [0.25, 0.3) is 5.91 Å². The molecule has 0 aliphatic carbocycles. The molecule has 0 saturated heterocycles. The SMILES string of the molecule is CCOc1cc(C(=O)N/N=C/c2cc(I)c(OCc3ccc(Br)cc3)c(OC)c2)ccc1OC. The maximum atomic E-state index is 12.5. The third kappa shape index (κ3) is 6.86.